The molecule has 334 valence electrons. The molecule has 0 bridgehead atoms. The molecule has 0 heterocycles. The van der Waals surface area contributed by atoms with Crippen molar-refractivity contribution in [2.45, 2.75) is 51.6 Å². The summed E-state index contributed by atoms with van der Waals surface area (Å²) < 4.78 is 0. The fourth-order valence-electron chi connectivity index (χ4n) is 7.75. The quantitative estimate of drug-likeness (QED) is 0.0491. The van der Waals surface area contributed by atoms with E-state index in [4.69, 9.17) is 0 Å². The Morgan fingerprint density at radius 3 is 0.955 bits per heavy atom. The molecule has 0 saturated heterocycles. The van der Waals surface area contributed by atoms with Gasteiger partial charge in [-0.15, -0.1) is 0 Å². The lowest BCUT2D eigenvalue weighted by Crippen LogP contribution is -2.45. The zero-order valence-corrected chi connectivity index (χ0v) is 39.2. The minimum atomic E-state index is -0.784. The summed E-state index contributed by atoms with van der Waals surface area (Å²) in [5.41, 5.74) is 3.39. The predicted octanol–water partition coefficient (Wildman–Crippen LogP) is 6.94. The molecule has 8 nitrogen and oxygen atoms in total. The first kappa shape index (κ1) is 47.2. The summed E-state index contributed by atoms with van der Waals surface area (Å²) >= 11 is 0. The van der Waals surface area contributed by atoms with E-state index in [2.05, 4.69) is 130 Å². The first-order valence-electron chi connectivity index (χ1n) is 22.5. The van der Waals surface area contributed by atoms with Crippen LogP contribution in [0.15, 0.2) is 194 Å². The molecule has 7 aromatic carbocycles. The maximum Gasteiger partial charge on any atom is 0.251 e. The molecule has 0 fully saturated rings. The number of amides is 4. The Balaban J connectivity index is 0.816. The number of carbonyl (C=O) groups is 4. The second-order valence-electron chi connectivity index (χ2n) is 16.1. The van der Waals surface area contributed by atoms with Crippen LogP contribution in [0.25, 0.3) is 0 Å². The second-order valence-corrected chi connectivity index (χ2v) is 20.5. The van der Waals surface area contributed by atoms with Gasteiger partial charge in [0.05, 0.1) is 0 Å². The molecule has 7 rings (SSSR count). The predicted molar refractivity (Wildman–Crippen MR) is 273 cm³/mol. The molecule has 66 heavy (non-hydrogen) atoms. The van der Waals surface area contributed by atoms with E-state index in [1.54, 1.807) is 13.8 Å². The monoisotopic (exact) mass is 910 g/mol. The highest BCUT2D eigenvalue weighted by Crippen LogP contribution is 2.33. The Hall–Kier alpha value is -6.72. The number of carbonyl (C=O) groups excluding carboxylic acids is 4. The smallest absolute Gasteiger partial charge is 0.251 e. The molecular formula is C56H56N4O4P2. The summed E-state index contributed by atoms with van der Waals surface area (Å²) in [5.74, 6) is -1.06. The molecular weight excluding hydrogens is 855 g/mol. The van der Waals surface area contributed by atoms with Crippen molar-refractivity contribution in [1.82, 2.24) is 21.3 Å². The van der Waals surface area contributed by atoms with Gasteiger partial charge in [-0.25, -0.2) is 0 Å². The molecule has 0 saturated carbocycles. The maximum atomic E-state index is 13.2. The van der Waals surface area contributed by atoms with Gasteiger partial charge in [0.1, 0.15) is 12.1 Å². The molecule has 0 aromatic heterocycles. The Labute approximate surface area is 391 Å². The number of aryl methyl sites for hydroxylation is 2. The van der Waals surface area contributed by atoms with Gasteiger partial charge >= 0.3 is 0 Å². The SMILES string of the molecule is C[C@H](NC(=O)c1ccc(P(c2ccccc2)c2ccccc2)cc1)C(=O)NCCCc1ccccc1CCCNC(=O)[C@H](C)NC(=O)c1ccc(P(c2ccccc2)c2ccccc2)cc1. The molecule has 4 amide bonds. The van der Waals surface area contributed by atoms with Gasteiger partial charge in [-0.1, -0.05) is 170 Å². The molecule has 0 aliphatic rings. The van der Waals surface area contributed by atoms with Gasteiger partial charge in [0.15, 0.2) is 0 Å². The van der Waals surface area contributed by atoms with Crippen LogP contribution in [-0.2, 0) is 22.4 Å². The molecule has 0 aliphatic heterocycles. The summed E-state index contributed by atoms with van der Waals surface area (Å²) in [4.78, 5) is 52.4. The van der Waals surface area contributed by atoms with Crippen molar-refractivity contribution in [2.24, 2.45) is 0 Å². The van der Waals surface area contributed by atoms with Crippen molar-refractivity contribution in [3.8, 4) is 0 Å². The molecule has 4 N–H and O–H groups in total. The van der Waals surface area contributed by atoms with Crippen LogP contribution in [0.5, 0.6) is 0 Å². The van der Waals surface area contributed by atoms with Gasteiger partial charge in [-0.3, -0.25) is 19.2 Å². The lowest BCUT2D eigenvalue weighted by Gasteiger charge is -2.20. The van der Waals surface area contributed by atoms with Gasteiger partial charge < -0.3 is 21.3 Å². The maximum absolute atomic E-state index is 13.2. The second kappa shape index (κ2) is 24.0. The molecule has 10 heteroatoms. The lowest BCUT2D eigenvalue weighted by molar-refractivity contribution is -0.123. The summed E-state index contributed by atoms with van der Waals surface area (Å²) in [6.07, 6.45) is 3.01. The average Bonchev–Trinajstić information content (AvgIpc) is 3.36. The molecule has 0 unspecified atom stereocenters. The molecule has 7 aromatic rings. The van der Waals surface area contributed by atoms with E-state index in [0.717, 1.165) is 36.3 Å². The fraction of sp³-hybridized carbons (Fsp3) is 0.179. The summed E-state index contributed by atoms with van der Waals surface area (Å²) in [6.45, 7) is 4.33. The first-order valence-corrected chi connectivity index (χ1v) is 25.2. The van der Waals surface area contributed by atoms with Crippen molar-refractivity contribution in [3.05, 3.63) is 216 Å². The number of hydrogen-bond donors (Lipinski definition) is 4. The third kappa shape index (κ3) is 13.0. The zero-order valence-electron chi connectivity index (χ0n) is 37.4. The van der Waals surface area contributed by atoms with E-state index in [1.165, 1.54) is 32.3 Å². The van der Waals surface area contributed by atoms with Gasteiger partial charge in [-0.2, -0.15) is 0 Å². The van der Waals surface area contributed by atoms with E-state index in [1.807, 2.05) is 84.9 Å². The van der Waals surface area contributed by atoms with E-state index >= 15 is 0 Å². The van der Waals surface area contributed by atoms with Crippen molar-refractivity contribution in [2.75, 3.05) is 13.1 Å². The van der Waals surface area contributed by atoms with E-state index in [9.17, 15) is 19.2 Å². The minimum Gasteiger partial charge on any atom is -0.354 e. The van der Waals surface area contributed by atoms with Crippen molar-refractivity contribution < 1.29 is 19.2 Å². The van der Waals surface area contributed by atoms with Gasteiger partial charge in [0, 0.05) is 24.2 Å². The van der Waals surface area contributed by atoms with Gasteiger partial charge in [0.2, 0.25) is 11.8 Å². The largest absolute Gasteiger partial charge is 0.354 e. The van der Waals surface area contributed by atoms with Gasteiger partial charge in [-0.05, 0) is 123 Å². The summed E-state index contributed by atoms with van der Waals surface area (Å²) in [7, 11) is -1.57. The number of hydrogen-bond acceptors (Lipinski definition) is 4. The Morgan fingerprint density at radius 2 is 0.652 bits per heavy atom. The van der Waals surface area contributed by atoms with E-state index < -0.39 is 27.9 Å². The topological polar surface area (TPSA) is 116 Å². The highest BCUT2D eigenvalue weighted by Gasteiger charge is 2.21. The standard InChI is InChI=1S/C56H56N4O4P2/c1-41(59-55(63)45-31-35-51(36-32-45)65(47-23-7-3-8-24-47)48-25-9-4-10-26-48)53(61)57-39-17-21-43-19-15-16-20-44(43)22-18-40-58-54(62)42(2)60-56(64)46-33-37-52(38-34-46)66(49-27-11-5-12-28-49)50-29-13-6-14-30-50/h3-16,19-20,23-38,41-42H,17-18,21-22,39-40H2,1-2H3,(H,57,61)(H,58,62)(H,59,63)(H,60,64)/t41-,42-/m0/s1. The van der Waals surface area contributed by atoms with Crippen LogP contribution >= 0.6 is 15.8 Å². The third-order valence-corrected chi connectivity index (χ3v) is 16.2. The van der Waals surface area contributed by atoms with Crippen molar-refractivity contribution in [1.29, 1.82) is 0 Å². The summed E-state index contributed by atoms with van der Waals surface area (Å²) in [5, 5.41) is 18.9. The normalized spacial score (nSPS) is 11.9. The number of nitrogens with one attached hydrogen (secondary N) is 4. The van der Waals surface area contributed by atoms with Crippen LogP contribution in [0.1, 0.15) is 58.5 Å². The Kier molecular flexibility index (Phi) is 17.2. The minimum absolute atomic E-state index is 0.236. The molecule has 0 aliphatic carbocycles. The molecule has 0 radical (unpaired) electrons. The highest BCUT2D eigenvalue weighted by molar-refractivity contribution is 7.80. The van der Waals surface area contributed by atoms with E-state index in [0.29, 0.717) is 24.2 Å². The van der Waals surface area contributed by atoms with Crippen LogP contribution in [0.3, 0.4) is 0 Å². The highest BCUT2D eigenvalue weighted by atomic mass is 31.1. The number of rotatable bonds is 20. The Bertz CT molecular complexity index is 2390. The molecule has 2 atom stereocenters. The lowest BCUT2D eigenvalue weighted by atomic mass is 9.99. The fourth-order valence-corrected chi connectivity index (χ4v) is 12.3. The van der Waals surface area contributed by atoms with E-state index in [-0.39, 0.29) is 23.6 Å². The molecule has 0 spiro atoms. The third-order valence-electron chi connectivity index (χ3n) is 11.3. The van der Waals surface area contributed by atoms with Crippen LogP contribution in [0.2, 0.25) is 0 Å². The van der Waals surface area contributed by atoms with Gasteiger partial charge in [0.25, 0.3) is 11.8 Å². The first-order chi connectivity index (χ1) is 32.2. The van der Waals surface area contributed by atoms with Crippen LogP contribution in [0.4, 0.5) is 0 Å². The average molecular weight is 911 g/mol. The zero-order chi connectivity index (χ0) is 46.1. The van der Waals surface area contributed by atoms with Crippen molar-refractivity contribution in [3.63, 3.8) is 0 Å². The van der Waals surface area contributed by atoms with Crippen molar-refractivity contribution >= 4 is 71.3 Å². The number of benzene rings is 7. The van der Waals surface area contributed by atoms with Crippen LogP contribution < -0.4 is 53.1 Å². The summed E-state index contributed by atoms with van der Waals surface area (Å²) in [6, 6.07) is 63.8. The Morgan fingerprint density at radius 1 is 0.379 bits per heavy atom. The van der Waals surface area contributed by atoms with Crippen LogP contribution in [-0.4, -0.2) is 48.8 Å². The van der Waals surface area contributed by atoms with Crippen LogP contribution in [0, 0.1) is 0 Å².